The molecule has 27 heavy (non-hydrogen) atoms. The van der Waals surface area contributed by atoms with Crippen molar-refractivity contribution < 1.29 is 14.0 Å². The van der Waals surface area contributed by atoms with Crippen LogP contribution in [0.2, 0.25) is 0 Å². The summed E-state index contributed by atoms with van der Waals surface area (Å²) in [7, 11) is 0. The molecule has 0 bridgehead atoms. The van der Waals surface area contributed by atoms with Crippen molar-refractivity contribution >= 4 is 11.8 Å². The molecule has 0 saturated carbocycles. The minimum absolute atomic E-state index is 0.233. The number of amides is 2. The van der Waals surface area contributed by atoms with Gasteiger partial charge in [-0.3, -0.25) is 9.59 Å². The quantitative estimate of drug-likeness (QED) is 0.651. The summed E-state index contributed by atoms with van der Waals surface area (Å²) < 4.78 is 15.1. The molecule has 0 atom stereocenters. The molecule has 2 amide bonds. The number of carbonyl (C=O) groups is 2. The molecule has 2 N–H and O–H groups in total. The summed E-state index contributed by atoms with van der Waals surface area (Å²) in [6.45, 7) is 2.12. The van der Waals surface area contributed by atoms with Crippen LogP contribution >= 0.6 is 0 Å². The maximum atomic E-state index is 13.5. The molecule has 138 valence electrons. The van der Waals surface area contributed by atoms with Crippen molar-refractivity contribution in [2.45, 2.75) is 6.92 Å². The smallest absolute Gasteiger partial charge is 0.251 e. The lowest BCUT2D eigenvalue weighted by atomic mass is 10.1. The number of benzene rings is 2. The van der Waals surface area contributed by atoms with Crippen LogP contribution in [0.4, 0.5) is 4.39 Å². The highest BCUT2D eigenvalue weighted by molar-refractivity contribution is 5.95. The van der Waals surface area contributed by atoms with E-state index in [2.05, 4.69) is 20.7 Å². The zero-order chi connectivity index (χ0) is 19.2. The van der Waals surface area contributed by atoms with Gasteiger partial charge in [0.2, 0.25) is 0 Å². The van der Waals surface area contributed by atoms with Crippen LogP contribution in [0.1, 0.15) is 26.3 Å². The van der Waals surface area contributed by atoms with E-state index in [4.69, 9.17) is 0 Å². The number of carbonyl (C=O) groups excluding carboxylic acids is 2. The van der Waals surface area contributed by atoms with Crippen molar-refractivity contribution in [2.75, 3.05) is 13.1 Å². The lowest BCUT2D eigenvalue weighted by Crippen LogP contribution is -2.34. The van der Waals surface area contributed by atoms with Gasteiger partial charge in [-0.15, -0.1) is 0 Å². The van der Waals surface area contributed by atoms with Gasteiger partial charge in [0.1, 0.15) is 18.5 Å². The van der Waals surface area contributed by atoms with E-state index in [0.717, 1.165) is 5.69 Å². The molecule has 8 heteroatoms. The Hall–Kier alpha value is -3.55. The second-order valence-corrected chi connectivity index (χ2v) is 5.86. The number of halogens is 1. The predicted molar refractivity (Wildman–Crippen MR) is 97.2 cm³/mol. The predicted octanol–water partition coefficient (Wildman–Crippen LogP) is 1.87. The molecule has 0 spiro atoms. The molecule has 0 radical (unpaired) electrons. The van der Waals surface area contributed by atoms with Crippen LogP contribution in [0, 0.1) is 12.7 Å². The molecule has 0 fully saturated rings. The van der Waals surface area contributed by atoms with Crippen LogP contribution < -0.4 is 10.6 Å². The van der Waals surface area contributed by atoms with E-state index in [-0.39, 0.29) is 30.5 Å². The van der Waals surface area contributed by atoms with Crippen molar-refractivity contribution in [1.82, 2.24) is 25.4 Å². The van der Waals surface area contributed by atoms with Gasteiger partial charge in [0.25, 0.3) is 11.8 Å². The average molecular weight is 367 g/mol. The molecular weight excluding hydrogens is 349 g/mol. The zero-order valence-electron chi connectivity index (χ0n) is 14.6. The monoisotopic (exact) mass is 367 g/mol. The Kier molecular flexibility index (Phi) is 5.55. The molecule has 1 aromatic heterocycles. The fourth-order valence-corrected chi connectivity index (χ4v) is 2.40. The summed E-state index contributed by atoms with van der Waals surface area (Å²) in [6.07, 6.45) is 3.00. The highest BCUT2D eigenvalue weighted by Gasteiger charge is 2.09. The van der Waals surface area contributed by atoms with Gasteiger partial charge in [-0.05, 0) is 48.9 Å². The fourth-order valence-electron chi connectivity index (χ4n) is 2.40. The van der Waals surface area contributed by atoms with Gasteiger partial charge in [0, 0.05) is 24.2 Å². The first kappa shape index (κ1) is 18.2. The number of hydrogen-bond acceptors (Lipinski definition) is 4. The van der Waals surface area contributed by atoms with E-state index in [1.54, 1.807) is 54.3 Å². The summed E-state index contributed by atoms with van der Waals surface area (Å²) in [6, 6.07) is 11.2. The van der Waals surface area contributed by atoms with Crippen molar-refractivity contribution in [2.24, 2.45) is 0 Å². The Balaban J connectivity index is 1.46. The zero-order valence-corrected chi connectivity index (χ0v) is 14.6. The molecule has 0 aliphatic rings. The molecule has 1 heterocycles. The minimum atomic E-state index is -0.426. The largest absolute Gasteiger partial charge is 0.350 e. The van der Waals surface area contributed by atoms with Crippen LogP contribution in [-0.4, -0.2) is 39.7 Å². The number of nitrogens with one attached hydrogen (secondary N) is 2. The first-order valence-corrected chi connectivity index (χ1v) is 8.32. The average Bonchev–Trinajstić information content (AvgIpc) is 3.22. The fraction of sp³-hybridized carbons (Fsp3) is 0.158. The van der Waals surface area contributed by atoms with Crippen molar-refractivity contribution in [3.8, 4) is 5.69 Å². The Labute approximate surface area is 155 Å². The molecule has 0 aliphatic heterocycles. The first-order chi connectivity index (χ1) is 13.0. The lowest BCUT2D eigenvalue weighted by molar-refractivity contribution is 0.0927. The van der Waals surface area contributed by atoms with Crippen LogP contribution in [-0.2, 0) is 0 Å². The number of nitrogens with zero attached hydrogens (tertiary/aromatic N) is 3. The van der Waals surface area contributed by atoms with Crippen molar-refractivity contribution in [3.63, 3.8) is 0 Å². The normalized spacial score (nSPS) is 10.4. The Morgan fingerprint density at radius 3 is 2.22 bits per heavy atom. The third-order valence-electron chi connectivity index (χ3n) is 3.94. The Morgan fingerprint density at radius 2 is 1.63 bits per heavy atom. The van der Waals surface area contributed by atoms with Gasteiger partial charge in [-0.1, -0.05) is 6.07 Å². The van der Waals surface area contributed by atoms with Crippen molar-refractivity contribution in [1.29, 1.82) is 0 Å². The van der Waals surface area contributed by atoms with Gasteiger partial charge in [0.15, 0.2) is 0 Å². The van der Waals surface area contributed by atoms with Crippen LogP contribution in [0.3, 0.4) is 0 Å². The molecular formula is C19H18FN5O2. The van der Waals surface area contributed by atoms with Gasteiger partial charge in [-0.25, -0.2) is 14.1 Å². The summed E-state index contributed by atoms with van der Waals surface area (Å²) in [4.78, 5) is 28.0. The summed E-state index contributed by atoms with van der Waals surface area (Å²) in [5.41, 5.74) is 2.01. The molecule has 7 nitrogen and oxygen atoms in total. The Morgan fingerprint density at radius 1 is 1.00 bits per heavy atom. The molecule has 0 saturated heterocycles. The molecule has 2 aromatic carbocycles. The molecule has 3 rings (SSSR count). The second kappa shape index (κ2) is 8.22. The van der Waals surface area contributed by atoms with Crippen molar-refractivity contribution in [3.05, 3.63) is 77.6 Å². The summed E-state index contributed by atoms with van der Waals surface area (Å²) >= 11 is 0. The molecule has 0 unspecified atom stereocenters. The number of aromatic nitrogens is 3. The number of aryl methyl sites for hydroxylation is 1. The van der Waals surface area contributed by atoms with Gasteiger partial charge in [0.05, 0.1) is 5.69 Å². The summed E-state index contributed by atoms with van der Waals surface area (Å²) in [5, 5.41) is 9.37. The van der Waals surface area contributed by atoms with E-state index in [0.29, 0.717) is 11.1 Å². The minimum Gasteiger partial charge on any atom is -0.350 e. The van der Waals surface area contributed by atoms with E-state index in [1.807, 2.05) is 0 Å². The molecule has 0 aliphatic carbocycles. The topological polar surface area (TPSA) is 88.9 Å². The highest BCUT2D eigenvalue weighted by atomic mass is 19.1. The third kappa shape index (κ3) is 4.55. The highest BCUT2D eigenvalue weighted by Crippen LogP contribution is 2.09. The second-order valence-electron chi connectivity index (χ2n) is 5.86. The standard InChI is InChI=1S/C19H18FN5O2/c1-13-2-3-15(10-17(13)20)19(27)23-9-8-22-18(26)14-4-6-16(7-5-14)25-12-21-11-24-25/h2-7,10-12H,8-9H2,1H3,(H,22,26)(H,23,27). The maximum absolute atomic E-state index is 13.5. The molecule has 3 aromatic rings. The van der Waals surface area contributed by atoms with Gasteiger partial charge >= 0.3 is 0 Å². The third-order valence-corrected chi connectivity index (χ3v) is 3.94. The maximum Gasteiger partial charge on any atom is 0.251 e. The van der Waals surface area contributed by atoms with E-state index >= 15 is 0 Å². The summed E-state index contributed by atoms with van der Waals surface area (Å²) in [5.74, 6) is -1.07. The Bertz CT molecular complexity index is 939. The van der Waals surface area contributed by atoms with Crippen LogP contribution in [0.25, 0.3) is 5.69 Å². The van der Waals surface area contributed by atoms with E-state index in [9.17, 15) is 14.0 Å². The SMILES string of the molecule is Cc1ccc(C(=O)NCCNC(=O)c2ccc(-n3cncn3)cc2)cc1F. The number of rotatable bonds is 6. The van der Waals surface area contributed by atoms with Gasteiger partial charge < -0.3 is 10.6 Å². The first-order valence-electron chi connectivity index (χ1n) is 8.32. The van der Waals surface area contributed by atoms with E-state index < -0.39 is 5.82 Å². The van der Waals surface area contributed by atoms with Crippen LogP contribution in [0.5, 0.6) is 0 Å². The van der Waals surface area contributed by atoms with Gasteiger partial charge in [-0.2, -0.15) is 5.10 Å². The number of hydrogen-bond donors (Lipinski definition) is 2. The van der Waals surface area contributed by atoms with Crippen LogP contribution in [0.15, 0.2) is 55.1 Å². The lowest BCUT2D eigenvalue weighted by Gasteiger charge is -2.08. The van der Waals surface area contributed by atoms with E-state index in [1.165, 1.54) is 12.4 Å².